The van der Waals surface area contributed by atoms with Gasteiger partial charge in [-0.15, -0.1) is 0 Å². The van der Waals surface area contributed by atoms with Gasteiger partial charge in [0.05, 0.1) is 23.4 Å². The molecule has 1 saturated carbocycles. The van der Waals surface area contributed by atoms with Crippen molar-refractivity contribution in [2.75, 3.05) is 0 Å². The summed E-state index contributed by atoms with van der Waals surface area (Å²) in [6.45, 7) is 12.3. The first-order chi connectivity index (χ1) is 19.6. The van der Waals surface area contributed by atoms with E-state index >= 15 is 0 Å². The highest BCUT2D eigenvalue weighted by molar-refractivity contribution is 5.92. The van der Waals surface area contributed by atoms with Gasteiger partial charge < -0.3 is 19.7 Å². The number of benzene rings is 2. The van der Waals surface area contributed by atoms with Crippen molar-refractivity contribution < 1.29 is 29.3 Å². The predicted molar refractivity (Wildman–Crippen MR) is 163 cm³/mol. The standard InChI is InChI=1S/C35H46O6/c1-6-7-8-9-10-11-27-12-14-28(15-13-27)29-16-18-30(19-17-29)31-20-32(40-34(38)23(2)25(4)36)22-33(21-31)41-35(39)24(3)26(5)37/h16-22,25-28,36-37H,2-3,6-15H2,1,4-5H3. The van der Waals surface area contributed by atoms with Gasteiger partial charge >= 0.3 is 11.9 Å². The highest BCUT2D eigenvalue weighted by Gasteiger charge is 2.23. The van der Waals surface area contributed by atoms with Crippen LogP contribution in [0.25, 0.3) is 11.1 Å². The summed E-state index contributed by atoms with van der Waals surface area (Å²) in [7, 11) is 0. The van der Waals surface area contributed by atoms with Crippen LogP contribution in [-0.4, -0.2) is 34.4 Å². The Morgan fingerprint density at radius 3 is 1.78 bits per heavy atom. The maximum atomic E-state index is 12.4. The number of esters is 2. The van der Waals surface area contributed by atoms with Crippen LogP contribution in [0, 0.1) is 5.92 Å². The quantitative estimate of drug-likeness (QED) is 0.106. The zero-order chi connectivity index (χ0) is 29.9. The maximum Gasteiger partial charge on any atom is 0.341 e. The van der Waals surface area contributed by atoms with Gasteiger partial charge in [-0.25, -0.2) is 9.59 Å². The number of aliphatic hydroxyl groups is 2. The molecule has 0 aliphatic heterocycles. The van der Waals surface area contributed by atoms with Crippen LogP contribution in [0.5, 0.6) is 11.5 Å². The average molecular weight is 563 g/mol. The normalized spacial score (nSPS) is 18.3. The number of hydrogen-bond acceptors (Lipinski definition) is 6. The van der Waals surface area contributed by atoms with Gasteiger partial charge in [0.15, 0.2) is 0 Å². The molecule has 6 heteroatoms. The number of ether oxygens (including phenoxy) is 2. The molecule has 0 heterocycles. The topological polar surface area (TPSA) is 93.1 Å². The molecule has 2 aromatic carbocycles. The minimum Gasteiger partial charge on any atom is -0.423 e. The highest BCUT2D eigenvalue weighted by atomic mass is 16.5. The zero-order valence-corrected chi connectivity index (χ0v) is 24.9. The fraction of sp³-hybridized carbons (Fsp3) is 0.486. The molecule has 1 aliphatic rings. The third kappa shape index (κ3) is 9.68. The molecule has 1 fully saturated rings. The molecule has 2 unspecified atom stereocenters. The molecule has 0 radical (unpaired) electrons. The van der Waals surface area contributed by atoms with E-state index in [9.17, 15) is 19.8 Å². The lowest BCUT2D eigenvalue weighted by molar-refractivity contribution is -0.131. The Morgan fingerprint density at radius 2 is 1.29 bits per heavy atom. The molecule has 0 aromatic heterocycles. The number of carbonyl (C=O) groups excluding carboxylic acids is 2. The van der Waals surface area contributed by atoms with Crippen molar-refractivity contribution in [2.24, 2.45) is 5.92 Å². The Kier molecular flexibility index (Phi) is 12.4. The molecule has 2 aromatic rings. The van der Waals surface area contributed by atoms with E-state index in [2.05, 4.69) is 32.2 Å². The van der Waals surface area contributed by atoms with Crippen LogP contribution < -0.4 is 9.47 Å². The summed E-state index contributed by atoms with van der Waals surface area (Å²) >= 11 is 0. The van der Waals surface area contributed by atoms with Crippen molar-refractivity contribution in [1.29, 1.82) is 0 Å². The van der Waals surface area contributed by atoms with Gasteiger partial charge in [-0.1, -0.05) is 82.9 Å². The summed E-state index contributed by atoms with van der Waals surface area (Å²) in [4.78, 5) is 24.9. The Bertz CT molecular complexity index is 1130. The second-order valence-corrected chi connectivity index (χ2v) is 11.4. The van der Waals surface area contributed by atoms with Crippen LogP contribution in [0.3, 0.4) is 0 Å². The van der Waals surface area contributed by atoms with Crippen LogP contribution in [0.1, 0.15) is 96.5 Å². The summed E-state index contributed by atoms with van der Waals surface area (Å²) in [6, 6.07) is 13.1. The first-order valence-electron chi connectivity index (χ1n) is 15.0. The molecule has 1 aliphatic carbocycles. The van der Waals surface area contributed by atoms with Gasteiger partial charge in [0.25, 0.3) is 0 Å². The smallest absolute Gasteiger partial charge is 0.341 e. The lowest BCUT2D eigenvalue weighted by Crippen LogP contribution is -2.20. The first kappa shape index (κ1) is 32.3. The SMILES string of the molecule is C=C(C(=O)Oc1cc(OC(=O)C(=C)C(C)O)cc(-c2ccc(C3CCC(CCCCCCC)CC3)cc2)c1)C(C)O. The molecule has 2 N–H and O–H groups in total. The van der Waals surface area contributed by atoms with Gasteiger partial charge in [0.1, 0.15) is 11.5 Å². The molecule has 2 atom stereocenters. The largest absolute Gasteiger partial charge is 0.423 e. The molecule has 6 nitrogen and oxygen atoms in total. The summed E-state index contributed by atoms with van der Waals surface area (Å²) in [5.74, 6) is 0.119. The zero-order valence-electron chi connectivity index (χ0n) is 24.9. The Labute approximate surface area is 245 Å². The van der Waals surface area contributed by atoms with Crippen LogP contribution in [0.4, 0.5) is 0 Å². The number of carbonyl (C=O) groups is 2. The van der Waals surface area contributed by atoms with E-state index in [0.29, 0.717) is 11.5 Å². The molecule has 0 spiro atoms. The van der Waals surface area contributed by atoms with Crippen LogP contribution >= 0.6 is 0 Å². The van der Waals surface area contributed by atoms with Gasteiger partial charge in [0, 0.05) is 6.07 Å². The lowest BCUT2D eigenvalue weighted by Gasteiger charge is -2.29. The maximum absolute atomic E-state index is 12.4. The van der Waals surface area contributed by atoms with E-state index in [1.54, 1.807) is 12.1 Å². The fourth-order valence-electron chi connectivity index (χ4n) is 5.31. The summed E-state index contributed by atoms with van der Waals surface area (Å²) in [5.41, 5.74) is 2.69. The van der Waals surface area contributed by atoms with E-state index in [4.69, 9.17) is 9.47 Å². The van der Waals surface area contributed by atoms with Crippen molar-refractivity contribution in [3.05, 3.63) is 72.3 Å². The molecular weight excluding hydrogens is 516 g/mol. The Hall–Kier alpha value is -3.22. The van der Waals surface area contributed by atoms with E-state index in [1.165, 1.54) is 89.7 Å². The summed E-state index contributed by atoms with van der Waals surface area (Å²) in [5, 5.41) is 19.4. The summed E-state index contributed by atoms with van der Waals surface area (Å²) in [6.07, 6.45) is 11.0. The van der Waals surface area contributed by atoms with Crippen molar-refractivity contribution in [3.8, 4) is 22.6 Å². The van der Waals surface area contributed by atoms with Gasteiger partial charge in [-0.05, 0) is 80.2 Å². The lowest BCUT2D eigenvalue weighted by atomic mass is 9.77. The number of unbranched alkanes of at least 4 members (excludes halogenated alkanes) is 4. The number of aliphatic hydroxyl groups excluding tert-OH is 2. The van der Waals surface area contributed by atoms with Crippen molar-refractivity contribution >= 4 is 11.9 Å². The van der Waals surface area contributed by atoms with Crippen molar-refractivity contribution in [2.45, 2.75) is 103 Å². The third-order valence-corrected chi connectivity index (χ3v) is 8.11. The highest BCUT2D eigenvalue weighted by Crippen LogP contribution is 2.39. The predicted octanol–water partition coefficient (Wildman–Crippen LogP) is 7.67. The van der Waals surface area contributed by atoms with E-state index in [0.717, 1.165) is 11.5 Å². The average Bonchev–Trinajstić information content (AvgIpc) is 2.96. The monoisotopic (exact) mass is 562 g/mol. The molecule has 0 amide bonds. The van der Waals surface area contributed by atoms with E-state index in [1.807, 2.05) is 12.1 Å². The third-order valence-electron chi connectivity index (χ3n) is 8.11. The molecule has 0 bridgehead atoms. The summed E-state index contributed by atoms with van der Waals surface area (Å²) < 4.78 is 10.9. The Balaban J connectivity index is 1.73. The number of hydrogen-bond donors (Lipinski definition) is 2. The fourth-order valence-corrected chi connectivity index (χ4v) is 5.31. The van der Waals surface area contributed by atoms with Gasteiger partial charge in [-0.3, -0.25) is 0 Å². The van der Waals surface area contributed by atoms with Crippen LogP contribution in [0.15, 0.2) is 66.8 Å². The second kappa shape index (κ2) is 15.7. The van der Waals surface area contributed by atoms with E-state index in [-0.39, 0.29) is 22.6 Å². The van der Waals surface area contributed by atoms with Crippen LogP contribution in [0.2, 0.25) is 0 Å². The second-order valence-electron chi connectivity index (χ2n) is 11.4. The van der Waals surface area contributed by atoms with E-state index < -0.39 is 24.1 Å². The van der Waals surface area contributed by atoms with Crippen molar-refractivity contribution in [3.63, 3.8) is 0 Å². The molecule has 222 valence electrons. The minimum absolute atomic E-state index is 0.0907. The molecule has 3 rings (SSSR count). The van der Waals surface area contributed by atoms with Gasteiger partial charge in [-0.2, -0.15) is 0 Å². The molecule has 0 saturated heterocycles. The molecule has 41 heavy (non-hydrogen) atoms. The number of rotatable bonds is 14. The first-order valence-corrected chi connectivity index (χ1v) is 15.0. The van der Waals surface area contributed by atoms with Crippen LogP contribution in [-0.2, 0) is 9.59 Å². The minimum atomic E-state index is -1.06. The molecular formula is C35H46O6. The Morgan fingerprint density at radius 1 is 0.780 bits per heavy atom. The van der Waals surface area contributed by atoms with Gasteiger partial charge in [0.2, 0.25) is 0 Å². The van der Waals surface area contributed by atoms with Crippen molar-refractivity contribution in [1.82, 2.24) is 0 Å².